The lowest BCUT2D eigenvalue weighted by Crippen LogP contribution is -2.40. The van der Waals surface area contributed by atoms with E-state index in [-0.39, 0.29) is 35.8 Å². The van der Waals surface area contributed by atoms with E-state index in [9.17, 15) is 9.59 Å². The number of hydrogen-bond acceptors (Lipinski definition) is 4. The SMILES string of the molecule is CC(C)(C)OC(=O)[C@@H]1[C@H](C(=O)O[C@@H]2CCCC[C@H]2c2ccccc2)[C@@H]2C=C[C@H]1C2. The molecule has 2 saturated carbocycles. The molecule has 3 aliphatic carbocycles. The first-order chi connectivity index (χ1) is 13.8. The number of ether oxygens (including phenoxy) is 2. The zero-order chi connectivity index (χ0) is 20.6. The number of rotatable bonds is 4. The average Bonchev–Trinajstić information content (AvgIpc) is 3.29. The van der Waals surface area contributed by atoms with E-state index in [1.54, 1.807) is 0 Å². The van der Waals surface area contributed by atoms with Crippen molar-refractivity contribution in [2.75, 3.05) is 0 Å². The van der Waals surface area contributed by atoms with Gasteiger partial charge in [-0.15, -0.1) is 0 Å². The maximum Gasteiger partial charge on any atom is 0.310 e. The molecular weight excluding hydrogens is 364 g/mol. The minimum atomic E-state index is -0.557. The largest absolute Gasteiger partial charge is 0.461 e. The number of fused-ring (bicyclic) bond motifs is 2. The van der Waals surface area contributed by atoms with Crippen LogP contribution >= 0.6 is 0 Å². The summed E-state index contributed by atoms with van der Waals surface area (Å²) in [5.41, 5.74) is 0.681. The number of allylic oxidation sites excluding steroid dienone is 2. The van der Waals surface area contributed by atoms with Gasteiger partial charge in [-0.2, -0.15) is 0 Å². The van der Waals surface area contributed by atoms with Crippen LogP contribution in [0.4, 0.5) is 0 Å². The highest BCUT2D eigenvalue weighted by Gasteiger charge is 2.54. The summed E-state index contributed by atoms with van der Waals surface area (Å²) in [5, 5.41) is 0. The summed E-state index contributed by atoms with van der Waals surface area (Å²) < 4.78 is 11.8. The molecule has 0 unspecified atom stereocenters. The van der Waals surface area contributed by atoms with E-state index in [4.69, 9.17) is 9.47 Å². The molecule has 0 saturated heterocycles. The van der Waals surface area contributed by atoms with Crippen LogP contribution in [0.5, 0.6) is 0 Å². The van der Waals surface area contributed by atoms with Gasteiger partial charge in [0.25, 0.3) is 0 Å². The minimum absolute atomic E-state index is 0.0867. The molecule has 0 aliphatic heterocycles. The van der Waals surface area contributed by atoms with E-state index in [1.165, 1.54) is 5.56 Å². The Morgan fingerprint density at radius 1 is 0.897 bits per heavy atom. The van der Waals surface area contributed by atoms with Crippen molar-refractivity contribution in [2.45, 2.75) is 70.5 Å². The second-order valence-corrected chi connectivity index (χ2v) is 9.81. The Bertz CT molecular complexity index is 776. The van der Waals surface area contributed by atoms with Crippen molar-refractivity contribution in [1.29, 1.82) is 0 Å². The molecule has 6 atom stereocenters. The molecule has 0 aromatic heterocycles. The van der Waals surface area contributed by atoms with E-state index in [2.05, 4.69) is 24.3 Å². The van der Waals surface area contributed by atoms with Gasteiger partial charge in [0, 0.05) is 5.92 Å². The highest BCUT2D eigenvalue weighted by Crippen LogP contribution is 2.50. The van der Waals surface area contributed by atoms with Gasteiger partial charge in [0.1, 0.15) is 11.7 Å². The maximum absolute atomic E-state index is 13.3. The standard InChI is InChI=1S/C25H32O4/c1-25(2,3)29-24(27)22-18-14-13-17(15-18)21(22)23(26)28-20-12-8-7-11-19(20)16-9-5-4-6-10-16/h4-6,9-10,13-14,17-22H,7-8,11-12,15H2,1-3H3/t17-,18+,19+,20-,21-,22+/m1/s1. The lowest BCUT2D eigenvalue weighted by Gasteiger charge is -2.34. The molecule has 4 nitrogen and oxygen atoms in total. The Balaban J connectivity index is 1.50. The van der Waals surface area contributed by atoms with Gasteiger partial charge < -0.3 is 9.47 Å². The lowest BCUT2D eigenvalue weighted by atomic mass is 9.80. The fourth-order valence-electron chi connectivity index (χ4n) is 5.38. The van der Waals surface area contributed by atoms with Crippen LogP contribution in [0.15, 0.2) is 42.5 Å². The molecule has 0 spiro atoms. The zero-order valence-corrected chi connectivity index (χ0v) is 17.7. The second-order valence-electron chi connectivity index (χ2n) is 9.81. The molecule has 29 heavy (non-hydrogen) atoms. The molecule has 0 radical (unpaired) electrons. The van der Waals surface area contributed by atoms with Gasteiger partial charge >= 0.3 is 11.9 Å². The molecule has 3 aliphatic rings. The van der Waals surface area contributed by atoms with Crippen molar-refractivity contribution in [2.24, 2.45) is 23.7 Å². The normalized spacial score (nSPS) is 33.5. The molecule has 0 amide bonds. The molecule has 156 valence electrons. The summed E-state index contributed by atoms with van der Waals surface area (Å²) >= 11 is 0. The van der Waals surface area contributed by atoms with Crippen molar-refractivity contribution < 1.29 is 19.1 Å². The van der Waals surface area contributed by atoms with E-state index in [0.29, 0.717) is 0 Å². The summed E-state index contributed by atoms with van der Waals surface area (Å²) in [6, 6.07) is 10.4. The number of carbonyl (C=O) groups is 2. The minimum Gasteiger partial charge on any atom is -0.461 e. The van der Waals surface area contributed by atoms with Crippen LogP contribution in [0.1, 0.15) is 64.4 Å². The number of benzene rings is 1. The Morgan fingerprint density at radius 2 is 1.52 bits per heavy atom. The number of hydrogen-bond donors (Lipinski definition) is 0. The highest BCUT2D eigenvalue weighted by molar-refractivity contribution is 5.84. The first kappa shape index (κ1) is 20.2. The smallest absolute Gasteiger partial charge is 0.310 e. The fraction of sp³-hybridized carbons (Fsp3) is 0.600. The van der Waals surface area contributed by atoms with E-state index in [0.717, 1.165) is 32.1 Å². The van der Waals surface area contributed by atoms with Gasteiger partial charge in [-0.3, -0.25) is 9.59 Å². The van der Waals surface area contributed by atoms with E-state index >= 15 is 0 Å². The Labute approximate surface area is 173 Å². The lowest BCUT2D eigenvalue weighted by molar-refractivity contribution is -0.172. The highest BCUT2D eigenvalue weighted by atomic mass is 16.6. The van der Waals surface area contributed by atoms with E-state index < -0.39 is 17.4 Å². The average molecular weight is 397 g/mol. The predicted octanol–water partition coefficient (Wildman–Crippen LogP) is 5.04. The first-order valence-electron chi connectivity index (χ1n) is 11.0. The van der Waals surface area contributed by atoms with Gasteiger partial charge in [-0.1, -0.05) is 48.9 Å². The van der Waals surface area contributed by atoms with Crippen molar-refractivity contribution in [3.63, 3.8) is 0 Å². The van der Waals surface area contributed by atoms with Crippen molar-refractivity contribution in [3.05, 3.63) is 48.0 Å². The molecule has 1 aromatic rings. The van der Waals surface area contributed by atoms with Gasteiger partial charge in [-0.05, 0) is 63.9 Å². The van der Waals surface area contributed by atoms with Crippen LogP contribution in [-0.4, -0.2) is 23.6 Å². The summed E-state index contributed by atoms with van der Waals surface area (Å²) in [6.45, 7) is 5.61. The number of esters is 2. The summed E-state index contributed by atoms with van der Waals surface area (Å²) in [7, 11) is 0. The van der Waals surface area contributed by atoms with Gasteiger partial charge in [0.05, 0.1) is 11.8 Å². The van der Waals surface area contributed by atoms with Crippen LogP contribution in [0, 0.1) is 23.7 Å². The Morgan fingerprint density at radius 3 is 2.17 bits per heavy atom. The predicted molar refractivity (Wildman–Crippen MR) is 111 cm³/mol. The molecule has 2 fully saturated rings. The third-order valence-corrected chi connectivity index (χ3v) is 6.61. The fourth-order valence-corrected chi connectivity index (χ4v) is 5.38. The van der Waals surface area contributed by atoms with Crippen molar-refractivity contribution >= 4 is 11.9 Å². The summed E-state index contributed by atoms with van der Waals surface area (Å²) in [6.07, 6.45) is 9.06. The number of carbonyl (C=O) groups excluding carboxylic acids is 2. The van der Waals surface area contributed by atoms with Crippen molar-refractivity contribution in [1.82, 2.24) is 0 Å². The Kier molecular flexibility index (Phi) is 5.54. The third kappa shape index (κ3) is 4.26. The molecular formula is C25H32O4. The topological polar surface area (TPSA) is 52.6 Å². The van der Waals surface area contributed by atoms with Crippen LogP contribution in [-0.2, 0) is 19.1 Å². The van der Waals surface area contributed by atoms with E-state index in [1.807, 2.05) is 39.0 Å². The molecule has 1 aromatic carbocycles. The molecule has 0 heterocycles. The van der Waals surface area contributed by atoms with Crippen LogP contribution in [0.2, 0.25) is 0 Å². The molecule has 4 rings (SSSR count). The molecule has 2 bridgehead atoms. The van der Waals surface area contributed by atoms with Crippen molar-refractivity contribution in [3.8, 4) is 0 Å². The van der Waals surface area contributed by atoms with Gasteiger partial charge in [0.15, 0.2) is 0 Å². The monoisotopic (exact) mass is 396 g/mol. The molecule has 0 N–H and O–H groups in total. The first-order valence-corrected chi connectivity index (χ1v) is 11.0. The Hall–Kier alpha value is -2.10. The zero-order valence-electron chi connectivity index (χ0n) is 17.7. The maximum atomic E-state index is 13.3. The second kappa shape index (κ2) is 7.97. The van der Waals surface area contributed by atoms with Crippen LogP contribution < -0.4 is 0 Å². The third-order valence-electron chi connectivity index (χ3n) is 6.61. The quantitative estimate of drug-likeness (QED) is 0.529. The van der Waals surface area contributed by atoms with Gasteiger partial charge in [0.2, 0.25) is 0 Å². The summed E-state index contributed by atoms with van der Waals surface area (Å²) in [4.78, 5) is 26.2. The van der Waals surface area contributed by atoms with Crippen LogP contribution in [0.3, 0.4) is 0 Å². The van der Waals surface area contributed by atoms with Gasteiger partial charge in [-0.25, -0.2) is 0 Å². The summed E-state index contributed by atoms with van der Waals surface area (Å²) in [5.74, 6) is -0.908. The molecule has 4 heteroatoms. The van der Waals surface area contributed by atoms with Crippen LogP contribution in [0.25, 0.3) is 0 Å².